The van der Waals surface area contributed by atoms with Crippen LogP contribution in [0, 0.1) is 0 Å². The Bertz CT molecular complexity index is 1020. The van der Waals surface area contributed by atoms with E-state index in [9.17, 15) is 4.79 Å². The molecule has 0 aliphatic carbocycles. The highest BCUT2D eigenvalue weighted by molar-refractivity contribution is 5.81. The number of H-pyrrole nitrogens is 1. The van der Waals surface area contributed by atoms with Crippen molar-refractivity contribution in [2.75, 3.05) is 5.32 Å². The summed E-state index contributed by atoms with van der Waals surface area (Å²) in [5.74, 6) is 0. The Morgan fingerprint density at radius 1 is 1.00 bits per heavy atom. The van der Waals surface area contributed by atoms with Crippen molar-refractivity contribution in [1.29, 1.82) is 0 Å². The molecule has 0 atom stereocenters. The van der Waals surface area contributed by atoms with Gasteiger partial charge >= 0.3 is 5.69 Å². The molecule has 2 aromatic heterocycles. The molecule has 0 saturated heterocycles. The van der Waals surface area contributed by atoms with E-state index in [1.807, 2.05) is 60.7 Å². The lowest BCUT2D eigenvalue weighted by Gasteiger charge is -2.07. The monoisotopic (exact) mass is 316 g/mol. The molecule has 0 spiro atoms. The molecule has 2 N–H and O–H groups in total. The molecule has 24 heavy (non-hydrogen) atoms. The van der Waals surface area contributed by atoms with Crippen molar-refractivity contribution in [1.82, 2.24) is 14.5 Å². The summed E-state index contributed by atoms with van der Waals surface area (Å²) >= 11 is 0. The molecule has 0 saturated carbocycles. The first-order chi connectivity index (χ1) is 11.8. The third-order valence-electron chi connectivity index (χ3n) is 3.90. The van der Waals surface area contributed by atoms with Crippen LogP contribution in [0.2, 0.25) is 0 Å². The Kier molecular flexibility index (Phi) is 3.59. The van der Waals surface area contributed by atoms with Crippen molar-refractivity contribution in [2.24, 2.45) is 0 Å². The average molecular weight is 316 g/mol. The highest BCUT2D eigenvalue weighted by Crippen LogP contribution is 2.21. The SMILES string of the molecule is O=c1[nH]c2cc(Nc3ccccc3)ccc2n1Cc1cccnc1. The highest BCUT2D eigenvalue weighted by atomic mass is 16.1. The second-order valence-electron chi connectivity index (χ2n) is 5.60. The second-order valence-corrected chi connectivity index (χ2v) is 5.60. The van der Waals surface area contributed by atoms with E-state index in [2.05, 4.69) is 15.3 Å². The molecular weight excluding hydrogens is 300 g/mol. The summed E-state index contributed by atoms with van der Waals surface area (Å²) in [6.45, 7) is 0.498. The van der Waals surface area contributed by atoms with Gasteiger partial charge in [-0.2, -0.15) is 0 Å². The number of benzene rings is 2. The number of anilines is 2. The zero-order valence-electron chi connectivity index (χ0n) is 12.9. The lowest BCUT2D eigenvalue weighted by molar-refractivity contribution is 0.783. The molecule has 118 valence electrons. The minimum atomic E-state index is -0.120. The molecule has 0 unspecified atom stereocenters. The summed E-state index contributed by atoms with van der Waals surface area (Å²) in [6.07, 6.45) is 3.50. The van der Waals surface area contributed by atoms with E-state index in [0.717, 1.165) is 28.0 Å². The molecular formula is C19H16N4O. The number of nitrogens with zero attached hydrogens (tertiary/aromatic N) is 2. The molecule has 2 aromatic carbocycles. The summed E-state index contributed by atoms with van der Waals surface area (Å²) in [5.41, 5.74) is 4.50. The van der Waals surface area contributed by atoms with Gasteiger partial charge in [-0.1, -0.05) is 24.3 Å². The number of nitrogens with one attached hydrogen (secondary N) is 2. The van der Waals surface area contributed by atoms with Crippen LogP contribution in [0.5, 0.6) is 0 Å². The number of hydrogen-bond donors (Lipinski definition) is 2. The molecule has 0 amide bonds. The van der Waals surface area contributed by atoms with Crippen LogP contribution in [-0.4, -0.2) is 14.5 Å². The van der Waals surface area contributed by atoms with E-state index in [4.69, 9.17) is 0 Å². The van der Waals surface area contributed by atoms with Crippen molar-refractivity contribution in [2.45, 2.75) is 6.54 Å². The molecule has 0 bridgehead atoms. The Morgan fingerprint density at radius 2 is 1.88 bits per heavy atom. The zero-order valence-corrected chi connectivity index (χ0v) is 12.9. The number of fused-ring (bicyclic) bond motifs is 1. The lowest BCUT2D eigenvalue weighted by atomic mass is 10.2. The van der Waals surface area contributed by atoms with E-state index in [0.29, 0.717) is 6.54 Å². The van der Waals surface area contributed by atoms with Gasteiger partial charge in [-0.25, -0.2) is 4.79 Å². The summed E-state index contributed by atoms with van der Waals surface area (Å²) < 4.78 is 1.72. The van der Waals surface area contributed by atoms with Crippen LogP contribution in [0.3, 0.4) is 0 Å². The van der Waals surface area contributed by atoms with Crippen molar-refractivity contribution < 1.29 is 0 Å². The molecule has 0 radical (unpaired) electrons. The van der Waals surface area contributed by atoms with Gasteiger partial charge in [-0.05, 0) is 42.0 Å². The number of rotatable bonds is 4. The van der Waals surface area contributed by atoms with Crippen LogP contribution in [0.1, 0.15) is 5.56 Å². The van der Waals surface area contributed by atoms with E-state index < -0.39 is 0 Å². The molecule has 2 heterocycles. The molecule has 5 heteroatoms. The van der Waals surface area contributed by atoms with Crippen LogP contribution >= 0.6 is 0 Å². The van der Waals surface area contributed by atoms with Crippen molar-refractivity contribution >= 4 is 22.4 Å². The maximum absolute atomic E-state index is 12.3. The molecule has 4 rings (SSSR count). The lowest BCUT2D eigenvalue weighted by Crippen LogP contribution is -2.17. The first-order valence-electron chi connectivity index (χ1n) is 7.73. The number of pyridine rings is 1. The van der Waals surface area contributed by atoms with Gasteiger partial charge < -0.3 is 10.3 Å². The summed E-state index contributed by atoms with van der Waals surface area (Å²) in [4.78, 5) is 19.3. The van der Waals surface area contributed by atoms with Gasteiger partial charge in [0.05, 0.1) is 17.6 Å². The van der Waals surface area contributed by atoms with Gasteiger partial charge in [0.2, 0.25) is 0 Å². The van der Waals surface area contributed by atoms with Gasteiger partial charge in [-0.15, -0.1) is 0 Å². The minimum absolute atomic E-state index is 0.120. The molecule has 5 nitrogen and oxygen atoms in total. The predicted molar refractivity (Wildman–Crippen MR) is 95.6 cm³/mol. The average Bonchev–Trinajstić information content (AvgIpc) is 2.92. The largest absolute Gasteiger partial charge is 0.355 e. The van der Waals surface area contributed by atoms with Gasteiger partial charge in [0.15, 0.2) is 0 Å². The Morgan fingerprint density at radius 3 is 2.67 bits per heavy atom. The fourth-order valence-electron chi connectivity index (χ4n) is 2.76. The van der Waals surface area contributed by atoms with Gasteiger partial charge in [0.1, 0.15) is 0 Å². The number of aromatic amines is 1. The molecule has 0 aliphatic heterocycles. The Labute approximate surface area is 138 Å². The fraction of sp³-hybridized carbons (Fsp3) is 0.0526. The van der Waals surface area contributed by atoms with E-state index >= 15 is 0 Å². The second kappa shape index (κ2) is 6.04. The van der Waals surface area contributed by atoms with Crippen molar-refractivity contribution in [3.05, 3.63) is 89.1 Å². The zero-order chi connectivity index (χ0) is 16.4. The summed E-state index contributed by atoms with van der Waals surface area (Å²) in [5, 5.41) is 3.33. The number of hydrogen-bond acceptors (Lipinski definition) is 3. The van der Waals surface area contributed by atoms with Crippen LogP contribution < -0.4 is 11.0 Å². The first kappa shape index (κ1) is 14.3. The van der Waals surface area contributed by atoms with Gasteiger partial charge in [-0.3, -0.25) is 9.55 Å². The number of imidazole rings is 1. The predicted octanol–water partition coefficient (Wildman–Crippen LogP) is 3.52. The van der Waals surface area contributed by atoms with Crippen LogP contribution in [-0.2, 0) is 6.54 Å². The molecule has 0 fully saturated rings. The maximum atomic E-state index is 12.3. The topological polar surface area (TPSA) is 62.7 Å². The van der Waals surface area contributed by atoms with Crippen molar-refractivity contribution in [3.63, 3.8) is 0 Å². The number of para-hydroxylation sites is 1. The van der Waals surface area contributed by atoms with E-state index in [1.165, 1.54) is 0 Å². The van der Waals surface area contributed by atoms with Crippen molar-refractivity contribution in [3.8, 4) is 0 Å². The van der Waals surface area contributed by atoms with Gasteiger partial charge in [0, 0.05) is 23.8 Å². The summed E-state index contributed by atoms with van der Waals surface area (Å²) in [6, 6.07) is 19.6. The van der Waals surface area contributed by atoms with E-state index in [1.54, 1.807) is 17.0 Å². The molecule has 4 aromatic rings. The smallest absolute Gasteiger partial charge is 0.326 e. The van der Waals surface area contributed by atoms with E-state index in [-0.39, 0.29) is 5.69 Å². The quantitative estimate of drug-likeness (QED) is 0.605. The highest BCUT2D eigenvalue weighted by Gasteiger charge is 2.08. The Balaban J connectivity index is 1.68. The number of aromatic nitrogens is 3. The van der Waals surface area contributed by atoms with Crippen LogP contribution in [0.25, 0.3) is 11.0 Å². The normalized spacial score (nSPS) is 10.8. The van der Waals surface area contributed by atoms with Crippen LogP contribution in [0.15, 0.2) is 77.9 Å². The van der Waals surface area contributed by atoms with Crippen LogP contribution in [0.4, 0.5) is 11.4 Å². The summed E-state index contributed by atoms with van der Waals surface area (Å²) in [7, 11) is 0. The fourth-order valence-corrected chi connectivity index (χ4v) is 2.76. The minimum Gasteiger partial charge on any atom is -0.355 e. The maximum Gasteiger partial charge on any atom is 0.326 e. The third kappa shape index (κ3) is 2.79. The third-order valence-corrected chi connectivity index (χ3v) is 3.90. The first-order valence-corrected chi connectivity index (χ1v) is 7.73. The van der Waals surface area contributed by atoms with Gasteiger partial charge in [0.25, 0.3) is 0 Å². The standard InChI is InChI=1S/C19H16N4O/c24-19-22-17-11-16(21-15-6-2-1-3-7-15)8-9-18(17)23(19)13-14-5-4-10-20-12-14/h1-12,21H,13H2,(H,22,24). The molecule has 0 aliphatic rings. The Hall–Kier alpha value is -3.34.